The number of ether oxygens (including phenoxy) is 1. The third kappa shape index (κ3) is 5.28. The Balaban J connectivity index is 1.53. The monoisotopic (exact) mass is 434 g/mol. The van der Waals surface area contributed by atoms with Crippen molar-refractivity contribution in [2.24, 2.45) is 5.92 Å². The summed E-state index contributed by atoms with van der Waals surface area (Å²) in [6.07, 6.45) is -0.0102. The molecule has 1 saturated heterocycles. The van der Waals surface area contributed by atoms with Gasteiger partial charge in [0, 0.05) is 18.0 Å². The van der Waals surface area contributed by atoms with E-state index in [9.17, 15) is 14.4 Å². The molecule has 2 atom stereocenters. The summed E-state index contributed by atoms with van der Waals surface area (Å²) in [5, 5.41) is 3.58. The number of carbonyl (C=O) groups is 3. The van der Waals surface area contributed by atoms with E-state index in [0.717, 1.165) is 5.56 Å². The summed E-state index contributed by atoms with van der Waals surface area (Å²) in [7, 11) is 0. The van der Waals surface area contributed by atoms with Crippen molar-refractivity contribution in [1.82, 2.24) is 5.32 Å². The molecule has 0 unspecified atom stereocenters. The Hall–Kier alpha value is -2.57. The summed E-state index contributed by atoms with van der Waals surface area (Å²) >= 11 is 12.1. The standard InChI is InChI=1S/C21H20Cl2N2O4/c1-13(14-5-3-2-4-6-14)24-19(26)12-29-21(28)15-9-20(27)25(11-15)18-10-16(22)7-8-17(18)23/h2-8,10,13,15H,9,11-12H2,1H3,(H,24,26)/t13-,15-/m0/s1. The first kappa shape index (κ1) is 21.1. The minimum atomic E-state index is -0.670. The third-order valence-corrected chi connectivity index (χ3v) is 5.23. The Morgan fingerprint density at radius 1 is 1.21 bits per heavy atom. The topological polar surface area (TPSA) is 75.7 Å². The summed E-state index contributed by atoms with van der Waals surface area (Å²) in [4.78, 5) is 38.2. The number of benzene rings is 2. The van der Waals surface area contributed by atoms with Gasteiger partial charge in [0.05, 0.1) is 22.7 Å². The fourth-order valence-corrected chi connectivity index (χ4v) is 3.54. The maximum atomic E-state index is 12.3. The first-order valence-corrected chi connectivity index (χ1v) is 9.87. The van der Waals surface area contributed by atoms with Crippen LogP contribution >= 0.6 is 23.2 Å². The molecule has 1 N–H and O–H groups in total. The van der Waals surface area contributed by atoms with E-state index in [1.165, 1.54) is 4.90 Å². The molecule has 1 heterocycles. The highest BCUT2D eigenvalue weighted by molar-refractivity contribution is 6.35. The van der Waals surface area contributed by atoms with E-state index in [4.69, 9.17) is 27.9 Å². The molecule has 0 aliphatic carbocycles. The number of anilines is 1. The number of halogens is 2. The second-order valence-electron chi connectivity index (χ2n) is 6.81. The van der Waals surface area contributed by atoms with E-state index in [1.807, 2.05) is 37.3 Å². The van der Waals surface area contributed by atoms with Gasteiger partial charge in [0.2, 0.25) is 5.91 Å². The average Bonchev–Trinajstić information content (AvgIpc) is 3.10. The molecule has 1 aliphatic heterocycles. The summed E-state index contributed by atoms with van der Waals surface area (Å²) < 4.78 is 5.12. The van der Waals surface area contributed by atoms with Gasteiger partial charge in [0.15, 0.2) is 6.61 Å². The van der Waals surface area contributed by atoms with Crippen LogP contribution in [0.15, 0.2) is 48.5 Å². The molecule has 152 valence electrons. The van der Waals surface area contributed by atoms with Gasteiger partial charge in [-0.3, -0.25) is 14.4 Å². The molecule has 1 fully saturated rings. The highest BCUT2D eigenvalue weighted by atomic mass is 35.5. The molecule has 0 spiro atoms. The Morgan fingerprint density at radius 2 is 1.93 bits per heavy atom. The van der Waals surface area contributed by atoms with Crippen molar-refractivity contribution >= 4 is 46.7 Å². The van der Waals surface area contributed by atoms with Crippen molar-refractivity contribution in [2.45, 2.75) is 19.4 Å². The zero-order valence-corrected chi connectivity index (χ0v) is 17.2. The average molecular weight is 435 g/mol. The Labute approximate surface area is 178 Å². The number of nitrogens with zero attached hydrogens (tertiary/aromatic N) is 1. The quantitative estimate of drug-likeness (QED) is 0.702. The molecule has 0 saturated carbocycles. The lowest BCUT2D eigenvalue weighted by atomic mass is 10.1. The van der Waals surface area contributed by atoms with Crippen molar-refractivity contribution in [1.29, 1.82) is 0 Å². The second kappa shape index (κ2) is 9.29. The van der Waals surface area contributed by atoms with Crippen LogP contribution in [0.3, 0.4) is 0 Å². The first-order chi connectivity index (χ1) is 13.8. The van der Waals surface area contributed by atoms with Crippen LogP contribution in [-0.4, -0.2) is 30.9 Å². The molecule has 2 aromatic rings. The minimum Gasteiger partial charge on any atom is -0.455 e. The molecule has 0 bridgehead atoms. The molecular formula is C21H20Cl2N2O4. The summed E-state index contributed by atoms with van der Waals surface area (Å²) in [6, 6.07) is 14.0. The van der Waals surface area contributed by atoms with Gasteiger partial charge in [0.25, 0.3) is 5.91 Å². The van der Waals surface area contributed by atoms with Crippen LogP contribution in [0.1, 0.15) is 24.9 Å². The van der Waals surface area contributed by atoms with E-state index < -0.39 is 24.4 Å². The predicted octanol–water partition coefficient (Wildman–Crippen LogP) is 3.77. The molecule has 1 aliphatic rings. The van der Waals surface area contributed by atoms with Crippen LogP contribution in [-0.2, 0) is 19.1 Å². The Morgan fingerprint density at radius 3 is 2.66 bits per heavy atom. The van der Waals surface area contributed by atoms with Crippen LogP contribution in [0.4, 0.5) is 5.69 Å². The van der Waals surface area contributed by atoms with Crippen LogP contribution in [0.25, 0.3) is 0 Å². The highest BCUT2D eigenvalue weighted by Gasteiger charge is 2.37. The largest absolute Gasteiger partial charge is 0.455 e. The fraction of sp³-hybridized carbons (Fsp3) is 0.286. The summed E-state index contributed by atoms with van der Waals surface area (Å²) in [6.45, 7) is 1.57. The number of rotatable bonds is 6. The van der Waals surface area contributed by atoms with Gasteiger partial charge in [-0.2, -0.15) is 0 Å². The van der Waals surface area contributed by atoms with Crippen LogP contribution in [0, 0.1) is 5.92 Å². The SMILES string of the molecule is C[C@H](NC(=O)COC(=O)[C@H]1CC(=O)N(c2cc(Cl)ccc2Cl)C1)c1ccccc1. The Kier molecular flexibility index (Phi) is 6.77. The minimum absolute atomic E-state index is 0.0102. The third-order valence-electron chi connectivity index (χ3n) is 4.68. The van der Waals surface area contributed by atoms with Crippen LogP contribution in [0.2, 0.25) is 10.0 Å². The molecule has 29 heavy (non-hydrogen) atoms. The van der Waals surface area contributed by atoms with Gasteiger partial charge in [-0.25, -0.2) is 0 Å². The van der Waals surface area contributed by atoms with Crippen molar-refractivity contribution < 1.29 is 19.1 Å². The van der Waals surface area contributed by atoms with E-state index >= 15 is 0 Å². The normalized spacial score (nSPS) is 17.1. The Bertz CT molecular complexity index is 920. The molecule has 2 amide bonds. The fourth-order valence-electron chi connectivity index (χ4n) is 3.15. The smallest absolute Gasteiger partial charge is 0.311 e. The second-order valence-corrected chi connectivity index (χ2v) is 7.65. The first-order valence-electron chi connectivity index (χ1n) is 9.11. The van der Waals surface area contributed by atoms with E-state index in [1.54, 1.807) is 18.2 Å². The lowest BCUT2D eigenvalue weighted by molar-refractivity contribution is -0.152. The van der Waals surface area contributed by atoms with Crippen molar-refractivity contribution in [2.75, 3.05) is 18.1 Å². The van der Waals surface area contributed by atoms with Gasteiger partial charge in [0.1, 0.15) is 0 Å². The van der Waals surface area contributed by atoms with Gasteiger partial charge < -0.3 is 15.0 Å². The van der Waals surface area contributed by atoms with Gasteiger partial charge in [-0.05, 0) is 30.7 Å². The van der Waals surface area contributed by atoms with Crippen molar-refractivity contribution in [3.8, 4) is 0 Å². The van der Waals surface area contributed by atoms with Crippen molar-refractivity contribution in [3.63, 3.8) is 0 Å². The zero-order valence-electron chi connectivity index (χ0n) is 15.7. The summed E-state index contributed by atoms with van der Waals surface area (Å²) in [5.74, 6) is -1.93. The molecule has 2 aromatic carbocycles. The molecule has 0 radical (unpaired) electrons. The molecule has 0 aromatic heterocycles. The molecular weight excluding hydrogens is 415 g/mol. The number of amides is 2. The maximum Gasteiger partial charge on any atom is 0.311 e. The number of esters is 1. The number of nitrogens with one attached hydrogen (secondary N) is 1. The molecule has 3 rings (SSSR count). The number of carbonyl (C=O) groups excluding carboxylic acids is 3. The zero-order chi connectivity index (χ0) is 21.0. The predicted molar refractivity (Wildman–Crippen MR) is 111 cm³/mol. The van der Waals surface area contributed by atoms with E-state index in [2.05, 4.69) is 5.32 Å². The van der Waals surface area contributed by atoms with Crippen LogP contribution in [0.5, 0.6) is 0 Å². The van der Waals surface area contributed by atoms with Crippen LogP contribution < -0.4 is 10.2 Å². The van der Waals surface area contributed by atoms with Gasteiger partial charge >= 0.3 is 5.97 Å². The maximum absolute atomic E-state index is 12.3. The van der Waals surface area contributed by atoms with Gasteiger partial charge in [-0.1, -0.05) is 53.5 Å². The van der Waals surface area contributed by atoms with Gasteiger partial charge in [-0.15, -0.1) is 0 Å². The summed E-state index contributed by atoms with van der Waals surface area (Å²) in [5.41, 5.74) is 1.40. The number of hydrogen-bond donors (Lipinski definition) is 1. The van der Waals surface area contributed by atoms with E-state index in [-0.39, 0.29) is 24.9 Å². The molecule has 8 heteroatoms. The lowest BCUT2D eigenvalue weighted by Gasteiger charge is -2.18. The van der Waals surface area contributed by atoms with Crippen molar-refractivity contribution in [3.05, 3.63) is 64.1 Å². The molecule has 6 nitrogen and oxygen atoms in total. The van der Waals surface area contributed by atoms with E-state index in [0.29, 0.717) is 15.7 Å². The lowest BCUT2D eigenvalue weighted by Crippen LogP contribution is -2.32. The highest BCUT2D eigenvalue weighted by Crippen LogP contribution is 2.33. The number of hydrogen-bond acceptors (Lipinski definition) is 4.